The Morgan fingerprint density at radius 2 is 1.39 bits per heavy atom. The Morgan fingerprint density at radius 3 is 2.03 bits per heavy atom. The summed E-state index contributed by atoms with van der Waals surface area (Å²) in [6, 6.07) is 22.0. The number of carboxylic acids is 1. The van der Waals surface area contributed by atoms with Gasteiger partial charge in [0, 0.05) is 37.6 Å². The molecule has 7 heteroatoms. The molecule has 0 saturated carbocycles. The monoisotopic (exact) mass is 435 g/mol. The van der Waals surface area contributed by atoms with E-state index in [0.717, 1.165) is 31.9 Å². The summed E-state index contributed by atoms with van der Waals surface area (Å²) in [5, 5.41) is 12.7. The highest BCUT2D eigenvalue weighted by Crippen LogP contribution is 2.27. The van der Waals surface area contributed by atoms with Gasteiger partial charge in [0.25, 0.3) is 5.91 Å². The largest absolute Gasteiger partial charge is 0.478 e. The Morgan fingerprint density at radius 1 is 0.774 bits per heavy atom. The molecule has 31 heavy (non-hydrogen) atoms. The zero-order valence-corrected chi connectivity index (χ0v) is 17.5. The molecule has 0 aromatic heterocycles. The highest BCUT2D eigenvalue weighted by molar-refractivity contribution is 6.34. The van der Waals surface area contributed by atoms with Crippen molar-refractivity contribution in [3.63, 3.8) is 0 Å². The van der Waals surface area contributed by atoms with Crippen LogP contribution in [0.2, 0.25) is 5.02 Å². The zero-order chi connectivity index (χ0) is 21.8. The molecule has 0 unspecified atom stereocenters. The first-order valence-electron chi connectivity index (χ1n) is 10.0. The minimum Gasteiger partial charge on any atom is -0.478 e. The first-order valence-corrected chi connectivity index (χ1v) is 10.4. The van der Waals surface area contributed by atoms with Crippen LogP contribution < -0.4 is 15.1 Å². The van der Waals surface area contributed by atoms with Crippen molar-refractivity contribution in [2.45, 2.75) is 0 Å². The van der Waals surface area contributed by atoms with E-state index in [1.165, 1.54) is 5.69 Å². The molecule has 1 aliphatic heterocycles. The topological polar surface area (TPSA) is 72.9 Å². The summed E-state index contributed by atoms with van der Waals surface area (Å²) in [4.78, 5) is 28.9. The number of amides is 1. The molecule has 1 saturated heterocycles. The summed E-state index contributed by atoms with van der Waals surface area (Å²) in [6.45, 7) is 3.24. The molecule has 1 amide bonds. The number of rotatable bonds is 5. The number of piperazine rings is 1. The molecule has 158 valence electrons. The smallest absolute Gasteiger partial charge is 0.337 e. The second-order valence-corrected chi connectivity index (χ2v) is 7.69. The van der Waals surface area contributed by atoms with Crippen LogP contribution in [0.1, 0.15) is 20.7 Å². The Hall–Kier alpha value is -3.51. The van der Waals surface area contributed by atoms with Gasteiger partial charge in [-0.05, 0) is 42.5 Å². The summed E-state index contributed by atoms with van der Waals surface area (Å²) in [6.07, 6.45) is 0. The van der Waals surface area contributed by atoms with E-state index in [2.05, 4.69) is 27.2 Å². The van der Waals surface area contributed by atoms with Crippen LogP contribution in [0.5, 0.6) is 0 Å². The molecule has 3 aromatic carbocycles. The average molecular weight is 436 g/mol. The predicted octanol–water partition coefficient (Wildman–Crippen LogP) is 4.62. The van der Waals surface area contributed by atoms with Crippen molar-refractivity contribution in [1.29, 1.82) is 0 Å². The summed E-state index contributed by atoms with van der Waals surface area (Å²) in [5.74, 6) is -1.54. The maximum Gasteiger partial charge on any atom is 0.337 e. The van der Waals surface area contributed by atoms with Crippen molar-refractivity contribution in [2.75, 3.05) is 41.3 Å². The van der Waals surface area contributed by atoms with Crippen molar-refractivity contribution in [3.8, 4) is 0 Å². The molecule has 1 heterocycles. The minimum atomic E-state index is -1.10. The number of carboxylic acid groups (broad SMARTS) is 1. The molecule has 1 fully saturated rings. The Kier molecular flexibility index (Phi) is 6.09. The minimum absolute atomic E-state index is 0.0448. The fraction of sp³-hybridized carbons (Fsp3) is 0.167. The van der Waals surface area contributed by atoms with Crippen LogP contribution in [-0.2, 0) is 0 Å². The lowest BCUT2D eigenvalue weighted by atomic mass is 10.1. The van der Waals surface area contributed by atoms with E-state index in [9.17, 15) is 14.7 Å². The van der Waals surface area contributed by atoms with Gasteiger partial charge in [-0.25, -0.2) is 4.79 Å². The number of halogens is 1. The lowest BCUT2D eigenvalue weighted by Gasteiger charge is -2.37. The first-order chi connectivity index (χ1) is 15.0. The number of para-hydroxylation sites is 1. The van der Waals surface area contributed by atoms with E-state index in [1.54, 1.807) is 36.4 Å². The van der Waals surface area contributed by atoms with Crippen LogP contribution in [0, 0.1) is 0 Å². The fourth-order valence-corrected chi connectivity index (χ4v) is 3.93. The third-order valence-corrected chi connectivity index (χ3v) is 5.70. The van der Waals surface area contributed by atoms with Gasteiger partial charge in [0.2, 0.25) is 0 Å². The number of nitrogens with one attached hydrogen (secondary N) is 1. The van der Waals surface area contributed by atoms with Crippen LogP contribution in [0.25, 0.3) is 0 Å². The Labute approximate surface area is 185 Å². The van der Waals surface area contributed by atoms with Gasteiger partial charge in [-0.3, -0.25) is 4.79 Å². The normalized spacial score (nSPS) is 13.7. The van der Waals surface area contributed by atoms with E-state index < -0.39 is 11.9 Å². The average Bonchev–Trinajstić information content (AvgIpc) is 2.80. The number of hydrogen-bond acceptors (Lipinski definition) is 4. The fourth-order valence-electron chi connectivity index (χ4n) is 3.71. The molecule has 0 atom stereocenters. The van der Waals surface area contributed by atoms with Gasteiger partial charge in [-0.2, -0.15) is 0 Å². The number of aromatic carboxylic acids is 1. The molecule has 3 aromatic rings. The molecule has 0 spiro atoms. The van der Waals surface area contributed by atoms with Crippen LogP contribution in [0.15, 0.2) is 72.8 Å². The van der Waals surface area contributed by atoms with Crippen LogP contribution in [0.4, 0.5) is 17.1 Å². The van der Waals surface area contributed by atoms with Gasteiger partial charge in [0.05, 0.1) is 21.8 Å². The van der Waals surface area contributed by atoms with Gasteiger partial charge in [0.1, 0.15) is 0 Å². The molecule has 6 nitrogen and oxygen atoms in total. The summed E-state index contributed by atoms with van der Waals surface area (Å²) < 4.78 is 0. The van der Waals surface area contributed by atoms with Crippen LogP contribution in [0.3, 0.4) is 0 Å². The summed E-state index contributed by atoms with van der Waals surface area (Å²) in [7, 11) is 0. The molecule has 0 radical (unpaired) electrons. The maximum absolute atomic E-state index is 12.6. The number of benzene rings is 3. The number of carbonyl (C=O) groups is 2. The maximum atomic E-state index is 12.6. The van der Waals surface area contributed by atoms with Gasteiger partial charge in [-0.1, -0.05) is 41.9 Å². The Bertz CT molecular complexity index is 1100. The highest BCUT2D eigenvalue weighted by atomic mass is 35.5. The summed E-state index contributed by atoms with van der Waals surface area (Å²) >= 11 is 6.08. The van der Waals surface area contributed by atoms with Crippen molar-refractivity contribution in [2.24, 2.45) is 0 Å². The van der Waals surface area contributed by atoms with Gasteiger partial charge in [0.15, 0.2) is 0 Å². The van der Waals surface area contributed by atoms with Crippen molar-refractivity contribution in [1.82, 2.24) is 0 Å². The standard InChI is InChI=1S/C24H22ClN3O3/c25-21-9-5-4-8-19(21)23(29)26-22-11-10-18(16-20(22)24(30)31)28-14-12-27(13-15-28)17-6-2-1-3-7-17/h1-11,16H,12-15H2,(H,26,29)(H,30,31). The summed E-state index contributed by atoms with van der Waals surface area (Å²) in [5.41, 5.74) is 2.58. The quantitative estimate of drug-likeness (QED) is 0.612. The molecule has 1 aliphatic rings. The Balaban J connectivity index is 1.50. The van der Waals surface area contributed by atoms with Crippen molar-refractivity contribution in [3.05, 3.63) is 88.9 Å². The molecular formula is C24H22ClN3O3. The number of hydrogen-bond donors (Lipinski definition) is 2. The molecule has 2 N–H and O–H groups in total. The van der Waals surface area contributed by atoms with Gasteiger partial charge in [-0.15, -0.1) is 0 Å². The molecule has 4 rings (SSSR count). The van der Waals surface area contributed by atoms with Gasteiger partial charge >= 0.3 is 5.97 Å². The van der Waals surface area contributed by atoms with Crippen molar-refractivity contribution < 1.29 is 14.7 Å². The van der Waals surface area contributed by atoms with E-state index in [-0.39, 0.29) is 11.3 Å². The highest BCUT2D eigenvalue weighted by Gasteiger charge is 2.21. The lowest BCUT2D eigenvalue weighted by Crippen LogP contribution is -2.46. The predicted molar refractivity (Wildman–Crippen MR) is 124 cm³/mol. The number of anilines is 3. The van der Waals surface area contributed by atoms with Gasteiger partial charge < -0.3 is 20.2 Å². The SMILES string of the molecule is O=C(Nc1ccc(N2CCN(c3ccccc3)CC2)cc1C(=O)O)c1ccccc1Cl. The molecule has 0 bridgehead atoms. The number of nitrogens with zero attached hydrogens (tertiary/aromatic N) is 2. The van der Waals surface area contributed by atoms with E-state index in [1.807, 2.05) is 24.3 Å². The van der Waals surface area contributed by atoms with E-state index in [4.69, 9.17) is 11.6 Å². The van der Waals surface area contributed by atoms with Crippen LogP contribution in [-0.4, -0.2) is 43.2 Å². The van der Waals surface area contributed by atoms with E-state index >= 15 is 0 Å². The third-order valence-electron chi connectivity index (χ3n) is 5.37. The lowest BCUT2D eigenvalue weighted by molar-refractivity contribution is 0.0698. The van der Waals surface area contributed by atoms with Crippen LogP contribution >= 0.6 is 11.6 Å². The van der Waals surface area contributed by atoms with E-state index in [0.29, 0.717) is 10.6 Å². The molecule has 0 aliphatic carbocycles. The zero-order valence-electron chi connectivity index (χ0n) is 16.8. The number of carbonyl (C=O) groups excluding carboxylic acids is 1. The second-order valence-electron chi connectivity index (χ2n) is 7.28. The first kappa shape index (κ1) is 20.8. The van der Waals surface area contributed by atoms with Crippen molar-refractivity contribution >= 4 is 40.5 Å². The second kappa shape index (κ2) is 9.10. The molecular weight excluding hydrogens is 414 g/mol. The third kappa shape index (κ3) is 4.64.